The molecular weight excluding hydrogens is 514 g/mol. The first kappa shape index (κ1) is 26.3. The Hall–Kier alpha value is -5.30. The average Bonchev–Trinajstić information content (AvgIpc) is 3.38. The zero-order valence-electron chi connectivity index (χ0n) is 22.0. The molecule has 0 bridgehead atoms. The van der Waals surface area contributed by atoms with Gasteiger partial charge < -0.3 is 14.4 Å². The van der Waals surface area contributed by atoms with Crippen molar-refractivity contribution in [1.82, 2.24) is 0 Å². The van der Waals surface area contributed by atoms with E-state index < -0.39 is 0 Å². The fourth-order valence-corrected chi connectivity index (χ4v) is 5.38. The van der Waals surface area contributed by atoms with Crippen molar-refractivity contribution >= 4 is 34.0 Å². The molecule has 0 saturated heterocycles. The standard InChI is InChI=1S/C34H25N3O2S/c1-38-31-16-12-29(13-17-31)37(30-14-18-32(39-2)19-15-30)28-10-8-26(9-11-28)34-21-20-33(40-34)25-5-3-4-24(6-7-25)27(22-35)23-36/h3-21H,1-2H3. The van der Waals surface area contributed by atoms with Gasteiger partial charge in [0.15, 0.2) is 0 Å². The number of nitrogens with zero attached hydrogens (tertiary/aromatic N) is 3. The van der Waals surface area contributed by atoms with Gasteiger partial charge in [-0.3, -0.25) is 0 Å². The molecule has 3 aromatic carbocycles. The van der Waals surface area contributed by atoms with Gasteiger partial charge in [0, 0.05) is 32.4 Å². The minimum absolute atomic E-state index is 0.104. The Kier molecular flexibility index (Phi) is 7.92. The number of benzene rings is 3. The van der Waals surface area contributed by atoms with Crippen molar-refractivity contribution in [1.29, 1.82) is 10.5 Å². The summed E-state index contributed by atoms with van der Waals surface area (Å²) in [6.07, 6.45) is 9.43. The van der Waals surface area contributed by atoms with Crippen molar-refractivity contribution in [2.75, 3.05) is 19.1 Å². The summed E-state index contributed by atoms with van der Waals surface area (Å²) in [5, 5.41) is 18.4. The van der Waals surface area contributed by atoms with Crippen molar-refractivity contribution in [2.24, 2.45) is 0 Å². The van der Waals surface area contributed by atoms with Crippen LogP contribution in [0.5, 0.6) is 11.5 Å². The molecule has 194 valence electrons. The summed E-state index contributed by atoms with van der Waals surface area (Å²) >= 11 is 1.70. The lowest BCUT2D eigenvalue weighted by molar-refractivity contribution is 0.415. The Bertz CT molecular complexity index is 1650. The number of ether oxygens (including phenoxy) is 2. The average molecular weight is 540 g/mol. The number of rotatable bonds is 7. The second-order valence-corrected chi connectivity index (χ2v) is 9.89. The zero-order chi connectivity index (χ0) is 27.9. The molecule has 1 aliphatic carbocycles. The van der Waals surface area contributed by atoms with Gasteiger partial charge in [-0.25, -0.2) is 0 Å². The molecule has 6 heteroatoms. The maximum absolute atomic E-state index is 9.18. The molecule has 0 N–H and O–H groups in total. The quantitative estimate of drug-likeness (QED) is 0.220. The highest BCUT2D eigenvalue weighted by Crippen LogP contribution is 2.38. The minimum atomic E-state index is 0.104. The van der Waals surface area contributed by atoms with Gasteiger partial charge in [0.1, 0.15) is 29.2 Å². The van der Waals surface area contributed by atoms with Crippen LogP contribution in [0.15, 0.2) is 126 Å². The lowest BCUT2D eigenvalue weighted by Crippen LogP contribution is -2.09. The Balaban J connectivity index is 1.43. The number of allylic oxidation sites excluding steroid dienone is 8. The van der Waals surface area contributed by atoms with E-state index in [1.807, 2.05) is 85.0 Å². The summed E-state index contributed by atoms with van der Waals surface area (Å²) in [4.78, 5) is 4.45. The van der Waals surface area contributed by atoms with E-state index in [0.29, 0.717) is 5.57 Å². The van der Waals surface area contributed by atoms with Gasteiger partial charge in [-0.2, -0.15) is 10.5 Å². The highest BCUT2D eigenvalue weighted by atomic mass is 32.1. The van der Waals surface area contributed by atoms with Crippen molar-refractivity contribution in [3.63, 3.8) is 0 Å². The van der Waals surface area contributed by atoms with Crippen LogP contribution in [-0.4, -0.2) is 14.2 Å². The van der Waals surface area contributed by atoms with Crippen LogP contribution >= 0.6 is 11.3 Å². The van der Waals surface area contributed by atoms with Gasteiger partial charge in [-0.1, -0.05) is 42.5 Å². The molecule has 0 unspecified atom stereocenters. The number of methoxy groups -OCH3 is 2. The Morgan fingerprint density at radius 3 is 1.70 bits per heavy atom. The second kappa shape index (κ2) is 12.0. The first-order chi connectivity index (χ1) is 19.6. The molecule has 5 rings (SSSR count). The minimum Gasteiger partial charge on any atom is -0.497 e. The van der Waals surface area contributed by atoms with Gasteiger partial charge in [0.2, 0.25) is 0 Å². The molecule has 0 fully saturated rings. The molecule has 4 aromatic rings. The first-order valence-electron chi connectivity index (χ1n) is 12.5. The zero-order valence-corrected chi connectivity index (χ0v) is 22.9. The van der Waals surface area contributed by atoms with Crippen molar-refractivity contribution < 1.29 is 9.47 Å². The SMILES string of the molecule is COc1ccc(N(c2ccc(OC)cc2)c2ccc(-c3ccc(C4=CC=CC(=C(C#N)C#N)C=C4)s3)cc2)cc1. The first-order valence-corrected chi connectivity index (χ1v) is 13.3. The molecule has 0 spiro atoms. The highest BCUT2D eigenvalue weighted by molar-refractivity contribution is 7.16. The maximum atomic E-state index is 9.18. The summed E-state index contributed by atoms with van der Waals surface area (Å²) in [6.45, 7) is 0. The molecule has 40 heavy (non-hydrogen) atoms. The normalized spacial score (nSPS) is 12.1. The van der Waals surface area contributed by atoms with Crippen molar-refractivity contribution in [3.05, 3.63) is 131 Å². The molecule has 0 atom stereocenters. The Morgan fingerprint density at radius 2 is 1.18 bits per heavy atom. The Morgan fingerprint density at radius 1 is 0.650 bits per heavy atom. The number of hydrogen-bond acceptors (Lipinski definition) is 6. The summed E-state index contributed by atoms with van der Waals surface area (Å²) in [7, 11) is 3.33. The van der Waals surface area contributed by atoms with Crippen LogP contribution in [0.2, 0.25) is 0 Å². The molecule has 5 nitrogen and oxygen atoms in total. The van der Waals surface area contributed by atoms with E-state index in [2.05, 4.69) is 41.3 Å². The molecule has 0 radical (unpaired) electrons. The summed E-state index contributed by atoms with van der Waals surface area (Å²) in [5.74, 6) is 1.61. The van der Waals surface area contributed by atoms with E-state index in [1.165, 1.54) is 0 Å². The Labute approximate surface area is 238 Å². The number of hydrogen-bond donors (Lipinski definition) is 0. The third kappa shape index (κ3) is 5.59. The predicted molar refractivity (Wildman–Crippen MR) is 162 cm³/mol. The number of anilines is 3. The molecule has 1 aromatic heterocycles. The molecule has 0 saturated carbocycles. The summed E-state index contributed by atoms with van der Waals surface area (Å²) in [5.41, 5.74) is 5.92. The van der Waals surface area contributed by atoms with Crippen LogP contribution < -0.4 is 14.4 Å². The lowest BCUT2D eigenvalue weighted by atomic mass is 10.1. The van der Waals surface area contributed by atoms with E-state index in [-0.39, 0.29) is 5.57 Å². The summed E-state index contributed by atoms with van der Waals surface area (Å²) in [6, 6.07) is 32.6. The topological polar surface area (TPSA) is 69.3 Å². The smallest absolute Gasteiger partial charge is 0.136 e. The summed E-state index contributed by atoms with van der Waals surface area (Å²) < 4.78 is 10.7. The van der Waals surface area contributed by atoms with Crippen LogP contribution in [0, 0.1) is 22.7 Å². The van der Waals surface area contributed by atoms with Crippen LogP contribution in [0.1, 0.15) is 4.88 Å². The van der Waals surface area contributed by atoms with Crippen molar-refractivity contribution in [3.8, 4) is 34.1 Å². The van der Waals surface area contributed by atoms with Crippen LogP contribution in [0.25, 0.3) is 16.0 Å². The van der Waals surface area contributed by atoms with Gasteiger partial charge in [0.25, 0.3) is 0 Å². The largest absolute Gasteiger partial charge is 0.497 e. The third-order valence-electron chi connectivity index (χ3n) is 6.47. The van der Waals surface area contributed by atoms with Crippen LogP contribution in [-0.2, 0) is 0 Å². The molecule has 0 amide bonds. The van der Waals surface area contributed by atoms with E-state index in [9.17, 15) is 10.5 Å². The fourth-order valence-electron chi connectivity index (χ4n) is 4.36. The molecule has 0 aliphatic heterocycles. The van der Waals surface area contributed by atoms with Gasteiger partial charge in [-0.15, -0.1) is 11.3 Å². The fraction of sp³-hybridized carbons (Fsp3) is 0.0588. The van der Waals surface area contributed by atoms with Gasteiger partial charge in [-0.05, 0) is 83.9 Å². The molecule has 1 aliphatic rings. The van der Waals surface area contributed by atoms with E-state index in [4.69, 9.17) is 9.47 Å². The van der Waals surface area contributed by atoms with Crippen molar-refractivity contribution in [2.45, 2.75) is 0 Å². The molecule has 1 heterocycles. The lowest BCUT2D eigenvalue weighted by Gasteiger charge is -2.26. The van der Waals surface area contributed by atoms with E-state index in [0.717, 1.165) is 49.5 Å². The number of thiophene rings is 1. The van der Waals surface area contributed by atoms with Crippen LogP contribution in [0.4, 0.5) is 17.1 Å². The monoisotopic (exact) mass is 539 g/mol. The van der Waals surface area contributed by atoms with Crippen LogP contribution in [0.3, 0.4) is 0 Å². The van der Waals surface area contributed by atoms with E-state index in [1.54, 1.807) is 31.6 Å². The highest BCUT2D eigenvalue weighted by Gasteiger charge is 2.14. The maximum Gasteiger partial charge on any atom is 0.136 e. The van der Waals surface area contributed by atoms with Gasteiger partial charge in [0.05, 0.1) is 14.2 Å². The second-order valence-electron chi connectivity index (χ2n) is 8.81. The van der Waals surface area contributed by atoms with E-state index >= 15 is 0 Å². The predicted octanol–water partition coefficient (Wildman–Crippen LogP) is 8.76. The molecular formula is C34H25N3O2S. The third-order valence-corrected chi connectivity index (χ3v) is 7.65. The van der Waals surface area contributed by atoms with Gasteiger partial charge >= 0.3 is 0 Å². The number of nitriles is 2.